The Morgan fingerprint density at radius 2 is 2.04 bits per heavy atom. The molecular formula is C17H25N5O. The summed E-state index contributed by atoms with van der Waals surface area (Å²) in [6, 6.07) is 2.52. The topological polar surface area (TPSA) is 54.7 Å². The summed E-state index contributed by atoms with van der Waals surface area (Å²) in [6.07, 6.45) is 3.70. The van der Waals surface area contributed by atoms with E-state index in [-0.39, 0.29) is 0 Å². The van der Waals surface area contributed by atoms with E-state index in [9.17, 15) is 0 Å². The summed E-state index contributed by atoms with van der Waals surface area (Å²) >= 11 is 0. The van der Waals surface area contributed by atoms with Crippen LogP contribution in [-0.4, -0.2) is 47.4 Å². The number of nitrogens with zero attached hydrogens (tertiary/aromatic N) is 4. The number of rotatable bonds is 2. The molecule has 4 rings (SSSR count). The molecular weight excluding hydrogens is 290 g/mol. The summed E-state index contributed by atoms with van der Waals surface area (Å²) in [5.74, 6) is 1.18. The molecule has 6 nitrogen and oxygen atoms in total. The van der Waals surface area contributed by atoms with Gasteiger partial charge in [-0.2, -0.15) is 9.61 Å². The van der Waals surface area contributed by atoms with Crippen LogP contribution in [-0.2, 0) is 4.74 Å². The van der Waals surface area contributed by atoms with Gasteiger partial charge in [-0.25, -0.2) is 4.98 Å². The molecule has 0 spiro atoms. The van der Waals surface area contributed by atoms with Gasteiger partial charge in [-0.15, -0.1) is 0 Å². The Morgan fingerprint density at radius 1 is 1.22 bits per heavy atom. The Hall–Kier alpha value is -1.66. The Kier molecular flexibility index (Phi) is 3.95. The van der Waals surface area contributed by atoms with Gasteiger partial charge in [-0.3, -0.25) is 0 Å². The molecule has 1 atom stereocenters. The highest BCUT2D eigenvalue weighted by molar-refractivity contribution is 5.57. The van der Waals surface area contributed by atoms with Crippen LogP contribution in [0.4, 0.5) is 5.82 Å². The number of hydrogen-bond acceptors (Lipinski definition) is 5. The summed E-state index contributed by atoms with van der Waals surface area (Å²) < 4.78 is 7.55. The first kappa shape index (κ1) is 14.9. The van der Waals surface area contributed by atoms with Crippen molar-refractivity contribution < 1.29 is 4.74 Å². The third kappa shape index (κ3) is 2.70. The zero-order valence-corrected chi connectivity index (χ0v) is 14.0. The normalized spacial score (nSPS) is 22.7. The van der Waals surface area contributed by atoms with Crippen molar-refractivity contribution in [3.63, 3.8) is 0 Å². The van der Waals surface area contributed by atoms with Crippen LogP contribution in [0.15, 0.2) is 6.07 Å². The van der Waals surface area contributed by atoms with E-state index in [2.05, 4.69) is 30.1 Å². The fourth-order valence-corrected chi connectivity index (χ4v) is 3.62. The number of morpholine rings is 1. The van der Waals surface area contributed by atoms with Gasteiger partial charge < -0.3 is 15.0 Å². The largest absolute Gasteiger partial charge is 0.378 e. The van der Waals surface area contributed by atoms with Crippen LogP contribution < -0.4 is 10.2 Å². The molecule has 0 amide bonds. The minimum absolute atomic E-state index is 0.364. The average Bonchev–Trinajstić information content (AvgIpc) is 3.01. The molecule has 23 heavy (non-hydrogen) atoms. The van der Waals surface area contributed by atoms with Gasteiger partial charge in [-0.1, -0.05) is 6.42 Å². The lowest BCUT2D eigenvalue weighted by molar-refractivity contribution is 0.122. The Bertz CT molecular complexity index is 699. The van der Waals surface area contributed by atoms with Gasteiger partial charge in [0.1, 0.15) is 5.82 Å². The second-order valence-corrected chi connectivity index (χ2v) is 6.59. The van der Waals surface area contributed by atoms with E-state index in [0.29, 0.717) is 6.04 Å². The SMILES string of the molecule is Cc1nc2cc(C3CCCCN3)nn2c(N2CCOCC2)c1C. The van der Waals surface area contributed by atoms with Gasteiger partial charge in [0.25, 0.3) is 0 Å². The molecule has 2 fully saturated rings. The summed E-state index contributed by atoms with van der Waals surface area (Å²) in [7, 11) is 0. The van der Waals surface area contributed by atoms with E-state index >= 15 is 0 Å². The summed E-state index contributed by atoms with van der Waals surface area (Å²) in [5, 5.41) is 8.51. The van der Waals surface area contributed by atoms with Gasteiger partial charge in [0, 0.05) is 30.4 Å². The van der Waals surface area contributed by atoms with Crippen molar-refractivity contribution in [3.8, 4) is 0 Å². The molecule has 2 aliphatic heterocycles. The van der Waals surface area contributed by atoms with Crippen LogP contribution in [0.1, 0.15) is 42.3 Å². The highest BCUT2D eigenvalue weighted by Gasteiger charge is 2.23. The van der Waals surface area contributed by atoms with Gasteiger partial charge >= 0.3 is 0 Å². The molecule has 0 aromatic carbocycles. The fraction of sp³-hybridized carbons (Fsp3) is 0.647. The predicted octanol–water partition coefficient (Wildman–Crippen LogP) is 2.00. The van der Waals surface area contributed by atoms with E-state index in [1.165, 1.54) is 24.2 Å². The number of fused-ring (bicyclic) bond motifs is 1. The zero-order chi connectivity index (χ0) is 15.8. The number of aryl methyl sites for hydroxylation is 1. The standard InChI is InChI=1S/C17H25N5O/c1-12-13(2)19-16-11-15(14-5-3-4-6-18-14)20-22(16)17(12)21-7-9-23-10-8-21/h11,14,18H,3-10H2,1-2H3. The summed E-state index contributed by atoms with van der Waals surface area (Å²) in [5.41, 5.74) is 4.38. The number of nitrogens with one attached hydrogen (secondary N) is 1. The molecule has 4 heterocycles. The van der Waals surface area contributed by atoms with Crippen molar-refractivity contribution in [1.29, 1.82) is 0 Å². The van der Waals surface area contributed by atoms with Crippen molar-refractivity contribution in [1.82, 2.24) is 19.9 Å². The highest BCUT2D eigenvalue weighted by Crippen LogP contribution is 2.28. The minimum Gasteiger partial charge on any atom is -0.378 e. The van der Waals surface area contributed by atoms with E-state index in [0.717, 1.165) is 56.3 Å². The van der Waals surface area contributed by atoms with Crippen molar-refractivity contribution in [3.05, 3.63) is 23.0 Å². The third-order valence-corrected chi connectivity index (χ3v) is 5.05. The molecule has 2 saturated heterocycles. The molecule has 0 aliphatic carbocycles. The lowest BCUT2D eigenvalue weighted by Gasteiger charge is -2.30. The summed E-state index contributed by atoms with van der Waals surface area (Å²) in [6.45, 7) is 8.70. The van der Waals surface area contributed by atoms with Crippen LogP contribution in [0.25, 0.3) is 5.65 Å². The van der Waals surface area contributed by atoms with Gasteiger partial charge in [0.2, 0.25) is 0 Å². The monoisotopic (exact) mass is 315 g/mol. The molecule has 1 unspecified atom stereocenters. The Balaban J connectivity index is 1.79. The molecule has 2 aromatic heterocycles. The first-order chi connectivity index (χ1) is 11.2. The van der Waals surface area contributed by atoms with Gasteiger partial charge in [-0.05, 0) is 33.2 Å². The zero-order valence-electron chi connectivity index (χ0n) is 14.0. The van der Waals surface area contributed by atoms with Crippen molar-refractivity contribution >= 4 is 11.5 Å². The lowest BCUT2D eigenvalue weighted by Crippen LogP contribution is -2.38. The number of piperidine rings is 1. The van der Waals surface area contributed by atoms with Crippen molar-refractivity contribution in [2.45, 2.75) is 39.2 Å². The second-order valence-electron chi connectivity index (χ2n) is 6.59. The van der Waals surface area contributed by atoms with E-state index in [4.69, 9.17) is 14.8 Å². The first-order valence-electron chi connectivity index (χ1n) is 8.67. The highest BCUT2D eigenvalue weighted by atomic mass is 16.5. The third-order valence-electron chi connectivity index (χ3n) is 5.05. The van der Waals surface area contributed by atoms with Crippen LogP contribution in [0.2, 0.25) is 0 Å². The smallest absolute Gasteiger partial charge is 0.157 e. The van der Waals surface area contributed by atoms with E-state index in [1.54, 1.807) is 0 Å². The number of aromatic nitrogens is 3. The molecule has 0 bridgehead atoms. The molecule has 124 valence electrons. The Labute approximate surface area is 136 Å². The predicted molar refractivity (Wildman–Crippen MR) is 90.1 cm³/mol. The van der Waals surface area contributed by atoms with E-state index in [1.807, 2.05) is 4.52 Å². The van der Waals surface area contributed by atoms with Crippen LogP contribution in [0, 0.1) is 13.8 Å². The van der Waals surface area contributed by atoms with Crippen molar-refractivity contribution in [2.24, 2.45) is 0 Å². The number of ether oxygens (including phenoxy) is 1. The minimum atomic E-state index is 0.364. The van der Waals surface area contributed by atoms with E-state index < -0.39 is 0 Å². The maximum atomic E-state index is 5.51. The van der Waals surface area contributed by atoms with Crippen LogP contribution in [0.5, 0.6) is 0 Å². The first-order valence-corrected chi connectivity index (χ1v) is 8.67. The van der Waals surface area contributed by atoms with Crippen LogP contribution >= 0.6 is 0 Å². The number of hydrogen-bond donors (Lipinski definition) is 1. The molecule has 1 N–H and O–H groups in total. The summed E-state index contributed by atoms with van der Waals surface area (Å²) in [4.78, 5) is 7.14. The second kappa shape index (κ2) is 6.09. The van der Waals surface area contributed by atoms with Gasteiger partial charge in [0.05, 0.1) is 24.9 Å². The quantitative estimate of drug-likeness (QED) is 0.918. The van der Waals surface area contributed by atoms with Crippen LogP contribution in [0.3, 0.4) is 0 Å². The average molecular weight is 315 g/mol. The molecule has 2 aliphatic rings. The molecule has 0 saturated carbocycles. The van der Waals surface area contributed by atoms with Gasteiger partial charge in [0.15, 0.2) is 5.65 Å². The Morgan fingerprint density at radius 3 is 2.78 bits per heavy atom. The molecule has 0 radical (unpaired) electrons. The molecule has 6 heteroatoms. The molecule has 2 aromatic rings. The maximum Gasteiger partial charge on any atom is 0.157 e. The lowest BCUT2D eigenvalue weighted by atomic mass is 10.0. The van der Waals surface area contributed by atoms with Crippen molar-refractivity contribution in [2.75, 3.05) is 37.7 Å². The maximum absolute atomic E-state index is 5.51. The fourth-order valence-electron chi connectivity index (χ4n) is 3.62. The number of anilines is 1.